The Labute approximate surface area is 128 Å². The van der Waals surface area contributed by atoms with Crippen LogP contribution in [0.25, 0.3) is 0 Å². The summed E-state index contributed by atoms with van der Waals surface area (Å²) in [5.41, 5.74) is 0. The van der Waals surface area contributed by atoms with E-state index in [4.69, 9.17) is 0 Å². The van der Waals surface area contributed by atoms with E-state index in [9.17, 15) is 18.0 Å². The van der Waals surface area contributed by atoms with Crippen LogP contribution in [0.5, 0.6) is 0 Å². The minimum Gasteiger partial charge on any atom is -0.364 e. The standard InChI is InChI=1S/C15H30F3NOSi/c1-5-8-11-21(12-9-6-2,13-10-7-3)19(4)14(20)15(16,17)18/h5-13H2,1-4H3. The molecule has 1 amide bonds. The number of hydrogen-bond acceptors (Lipinski definition) is 1. The first-order valence-corrected chi connectivity index (χ1v) is 10.7. The smallest absolute Gasteiger partial charge is 0.364 e. The molecule has 0 radical (unpaired) electrons. The van der Waals surface area contributed by atoms with Crippen molar-refractivity contribution in [2.75, 3.05) is 7.05 Å². The van der Waals surface area contributed by atoms with Gasteiger partial charge in [-0.15, -0.1) is 0 Å². The molecule has 0 saturated heterocycles. The second kappa shape index (κ2) is 9.49. The predicted octanol–water partition coefficient (Wildman–Crippen LogP) is 5.35. The Balaban J connectivity index is 5.31. The van der Waals surface area contributed by atoms with E-state index in [0.717, 1.165) is 61.2 Å². The average molecular weight is 325 g/mol. The fraction of sp³-hybridized carbons (Fsp3) is 0.933. The highest BCUT2D eigenvalue weighted by Crippen LogP contribution is 2.33. The molecule has 0 heterocycles. The Morgan fingerprint density at radius 1 is 0.905 bits per heavy atom. The van der Waals surface area contributed by atoms with Crippen molar-refractivity contribution in [3.8, 4) is 0 Å². The maximum Gasteiger partial charge on any atom is 0.470 e. The molecule has 0 bridgehead atoms. The second-order valence-electron chi connectivity index (χ2n) is 5.90. The van der Waals surface area contributed by atoms with E-state index in [1.54, 1.807) is 0 Å². The summed E-state index contributed by atoms with van der Waals surface area (Å²) < 4.78 is 39.6. The summed E-state index contributed by atoms with van der Waals surface area (Å²) in [6, 6.07) is 2.38. The molecule has 0 aliphatic rings. The molecule has 0 N–H and O–H groups in total. The van der Waals surface area contributed by atoms with Crippen LogP contribution in [0.1, 0.15) is 59.3 Å². The van der Waals surface area contributed by atoms with Crippen molar-refractivity contribution in [3.05, 3.63) is 0 Å². The minimum absolute atomic E-state index is 0.793. The third kappa shape index (κ3) is 6.40. The number of rotatable bonds is 10. The van der Waals surface area contributed by atoms with Crippen molar-refractivity contribution in [2.45, 2.75) is 83.6 Å². The topological polar surface area (TPSA) is 20.3 Å². The van der Waals surface area contributed by atoms with Crippen molar-refractivity contribution >= 4 is 14.1 Å². The predicted molar refractivity (Wildman–Crippen MR) is 83.7 cm³/mol. The van der Waals surface area contributed by atoms with Crippen molar-refractivity contribution in [3.63, 3.8) is 0 Å². The molecule has 0 spiro atoms. The van der Waals surface area contributed by atoms with E-state index in [2.05, 4.69) is 0 Å². The molecule has 0 aliphatic carbocycles. The fourth-order valence-electron chi connectivity index (χ4n) is 2.80. The van der Waals surface area contributed by atoms with Gasteiger partial charge in [0.2, 0.25) is 0 Å². The molecule has 0 rings (SSSR count). The van der Waals surface area contributed by atoms with E-state index < -0.39 is 20.3 Å². The molecule has 0 fully saturated rings. The SMILES string of the molecule is CCCC[Si](CCCC)(CCCC)N(C)C(=O)C(F)(F)F. The number of carbonyl (C=O) groups excluding carboxylic acids is 1. The highest BCUT2D eigenvalue weighted by molar-refractivity contribution is 6.79. The van der Waals surface area contributed by atoms with Gasteiger partial charge in [-0.25, -0.2) is 0 Å². The van der Waals surface area contributed by atoms with E-state index in [1.165, 1.54) is 7.05 Å². The molecule has 0 aromatic heterocycles. The number of unbranched alkanes of at least 4 members (excludes halogenated alkanes) is 3. The van der Waals surface area contributed by atoms with Crippen LogP contribution in [0, 0.1) is 0 Å². The zero-order valence-electron chi connectivity index (χ0n) is 13.9. The van der Waals surface area contributed by atoms with Crippen LogP contribution in [-0.4, -0.2) is 31.9 Å². The largest absolute Gasteiger partial charge is 0.470 e. The number of hydrogen-bond donors (Lipinski definition) is 0. The van der Waals surface area contributed by atoms with Gasteiger partial charge in [0.25, 0.3) is 0 Å². The molecule has 126 valence electrons. The van der Waals surface area contributed by atoms with E-state index in [1.807, 2.05) is 20.8 Å². The highest BCUT2D eigenvalue weighted by atomic mass is 28.3. The van der Waals surface area contributed by atoms with Gasteiger partial charge < -0.3 is 4.57 Å². The molecule has 21 heavy (non-hydrogen) atoms. The van der Waals surface area contributed by atoms with Gasteiger partial charge in [0.1, 0.15) is 0 Å². The maximum absolute atomic E-state index is 12.8. The molecule has 0 atom stereocenters. The van der Waals surface area contributed by atoms with Crippen LogP contribution >= 0.6 is 0 Å². The Kier molecular flexibility index (Phi) is 9.25. The van der Waals surface area contributed by atoms with Crippen molar-refractivity contribution in [2.24, 2.45) is 0 Å². The van der Waals surface area contributed by atoms with E-state index in [0.29, 0.717) is 0 Å². The van der Waals surface area contributed by atoms with Crippen molar-refractivity contribution < 1.29 is 18.0 Å². The first kappa shape index (κ1) is 20.5. The summed E-state index contributed by atoms with van der Waals surface area (Å²) in [5.74, 6) is -1.64. The summed E-state index contributed by atoms with van der Waals surface area (Å²) >= 11 is 0. The summed E-state index contributed by atoms with van der Waals surface area (Å²) in [7, 11) is -0.979. The van der Waals surface area contributed by atoms with Gasteiger partial charge in [-0.05, 0) is 18.1 Å². The summed E-state index contributed by atoms with van der Waals surface area (Å²) in [4.78, 5) is 11.7. The second-order valence-corrected chi connectivity index (χ2v) is 10.5. The third-order valence-corrected chi connectivity index (χ3v) is 9.72. The van der Waals surface area contributed by atoms with Gasteiger partial charge in [0, 0.05) is 7.05 Å². The van der Waals surface area contributed by atoms with Crippen molar-refractivity contribution in [1.29, 1.82) is 0 Å². The Morgan fingerprint density at radius 2 is 1.24 bits per heavy atom. The van der Waals surface area contributed by atoms with Crippen LogP contribution < -0.4 is 0 Å². The van der Waals surface area contributed by atoms with Gasteiger partial charge in [0.15, 0.2) is 8.24 Å². The lowest BCUT2D eigenvalue weighted by Crippen LogP contribution is -2.57. The lowest BCUT2D eigenvalue weighted by molar-refractivity contribution is -0.180. The van der Waals surface area contributed by atoms with Gasteiger partial charge in [-0.3, -0.25) is 4.79 Å². The fourth-order valence-corrected chi connectivity index (χ4v) is 8.15. The molecule has 0 aliphatic heterocycles. The van der Waals surface area contributed by atoms with Gasteiger partial charge in [-0.2, -0.15) is 13.2 Å². The Bertz CT molecular complexity index is 286. The highest BCUT2D eigenvalue weighted by Gasteiger charge is 2.48. The van der Waals surface area contributed by atoms with Crippen LogP contribution in [0.15, 0.2) is 0 Å². The molecule has 0 saturated carbocycles. The van der Waals surface area contributed by atoms with Crippen LogP contribution in [-0.2, 0) is 4.79 Å². The first-order valence-electron chi connectivity index (χ1n) is 8.10. The zero-order chi connectivity index (χ0) is 16.5. The number of halogens is 3. The van der Waals surface area contributed by atoms with Gasteiger partial charge in [-0.1, -0.05) is 59.3 Å². The number of carbonyl (C=O) groups is 1. The molecular formula is C15H30F3NOSi. The van der Waals surface area contributed by atoms with Crippen LogP contribution in [0.2, 0.25) is 18.1 Å². The molecule has 6 heteroatoms. The van der Waals surface area contributed by atoms with E-state index >= 15 is 0 Å². The van der Waals surface area contributed by atoms with E-state index in [-0.39, 0.29) is 0 Å². The quantitative estimate of drug-likeness (QED) is 0.496. The molecule has 0 aromatic rings. The van der Waals surface area contributed by atoms with Crippen LogP contribution in [0.3, 0.4) is 0 Å². The first-order chi connectivity index (χ1) is 9.75. The van der Waals surface area contributed by atoms with Crippen molar-refractivity contribution in [1.82, 2.24) is 4.57 Å². The molecular weight excluding hydrogens is 295 g/mol. The van der Waals surface area contributed by atoms with Crippen LogP contribution in [0.4, 0.5) is 13.2 Å². The number of alkyl halides is 3. The number of amides is 1. The Hall–Kier alpha value is -0.523. The normalized spacial score (nSPS) is 12.5. The molecule has 0 aromatic carbocycles. The lowest BCUT2D eigenvalue weighted by Gasteiger charge is -2.41. The number of nitrogens with zero attached hydrogens (tertiary/aromatic N) is 1. The summed E-state index contributed by atoms with van der Waals surface area (Å²) in [6.07, 6.45) is 0.861. The van der Waals surface area contributed by atoms with Gasteiger partial charge in [0.05, 0.1) is 0 Å². The summed E-state index contributed by atoms with van der Waals surface area (Å²) in [6.45, 7) is 6.14. The monoisotopic (exact) mass is 325 g/mol. The summed E-state index contributed by atoms with van der Waals surface area (Å²) in [5, 5.41) is 0. The molecule has 0 unspecified atom stereocenters. The zero-order valence-corrected chi connectivity index (χ0v) is 14.9. The average Bonchev–Trinajstić information content (AvgIpc) is 2.44. The van der Waals surface area contributed by atoms with Gasteiger partial charge >= 0.3 is 12.1 Å². The minimum atomic E-state index is -4.75. The molecule has 2 nitrogen and oxygen atoms in total. The maximum atomic E-state index is 12.8. The third-order valence-electron chi connectivity index (χ3n) is 4.25. The Morgan fingerprint density at radius 3 is 1.48 bits per heavy atom. The lowest BCUT2D eigenvalue weighted by atomic mass is 10.4.